The Hall–Kier alpha value is -1.70. The van der Waals surface area contributed by atoms with E-state index in [1.165, 1.54) is 18.4 Å². The molecule has 0 saturated heterocycles. The molecular formula is C19H23BrN2O3S. The minimum atomic E-state index is -3.42. The normalized spacial score (nSPS) is 12.8. The Kier molecular flexibility index (Phi) is 6.97. The van der Waals surface area contributed by atoms with Gasteiger partial charge >= 0.3 is 0 Å². The summed E-state index contributed by atoms with van der Waals surface area (Å²) in [4.78, 5) is 12.4. The third kappa shape index (κ3) is 5.40. The van der Waals surface area contributed by atoms with Gasteiger partial charge in [-0.05, 0) is 48.7 Å². The quantitative estimate of drug-likeness (QED) is 0.718. The summed E-state index contributed by atoms with van der Waals surface area (Å²) in [6.45, 7) is 1.95. The van der Waals surface area contributed by atoms with Gasteiger partial charge in [-0.25, -0.2) is 12.7 Å². The van der Waals surface area contributed by atoms with Gasteiger partial charge in [0, 0.05) is 25.0 Å². The second-order valence-electron chi connectivity index (χ2n) is 6.27. The number of rotatable bonds is 7. The van der Waals surface area contributed by atoms with Gasteiger partial charge in [-0.15, -0.1) is 0 Å². The molecule has 2 rings (SSSR count). The van der Waals surface area contributed by atoms with Crippen LogP contribution in [0.5, 0.6) is 0 Å². The average molecular weight is 439 g/mol. The number of nitrogens with zero attached hydrogens (tertiary/aromatic N) is 1. The number of carbonyl (C=O) groups is 1. The topological polar surface area (TPSA) is 66.5 Å². The highest BCUT2D eigenvalue weighted by atomic mass is 79.9. The van der Waals surface area contributed by atoms with Gasteiger partial charge in [-0.3, -0.25) is 4.79 Å². The van der Waals surface area contributed by atoms with E-state index in [0.717, 1.165) is 15.6 Å². The molecule has 1 amide bonds. The Morgan fingerprint density at radius 2 is 1.65 bits per heavy atom. The van der Waals surface area contributed by atoms with Crippen LogP contribution in [0.2, 0.25) is 0 Å². The van der Waals surface area contributed by atoms with Crippen molar-refractivity contribution in [2.24, 2.45) is 0 Å². The van der Waals surface area contributed by atoms with Crippen LogP contribution in [-0.2, 0) is 21.2 Å². The maximum Gasteiger partial charge on any atom is 0.242 e. The second-order valence-corrected chi connectivity index (χ2v) is 9.34. The number of aryl methyl sites for hydroxylation is 1. The molecule has 0 fully saturated rings. The predicted molar refractivity (Wildman–Crippen MR) is 106 cm³/mol. The van der Waals surface area contributed by atoms with Crippen molar-refractivity contribution in [3.05, 3.63) is 64.1 Å². The summed E-state index contributed by atoms with van der Waals surface area (Å²) in [7, 11) is -0.424. The van der Waals surface area contributed by atoms with Crippen molar-refractivity contribution in [1.82, 2.24) is 9.62 Å². The largest absolute Gasteiger partial charge is 0.350 e. The highest BCUT2D eigenvalue weighted by Gasteiger charge is 2.16. The lowest BCUT2D eigenvalue weighted by Crippen LogP contribution is -2.26. The van der Waals surface area contributed by atoms with Crippen molar-refractivity contribution >= 4 is 31.9 Å². The Labute approximate surface area is 163 Å². The Morgan fingerprint density at radius 1 is 1.08 bits per heavy atom. The number of nitrogens with one attached hydrogen (secondary N) is 1. The summed E-state index contributed by atoms with van der Waals surface area (Å²) in [5.74, 6) is -0.0367. The lowest BCUT2D eigenvalue weighted by molar-refractivity contribution is -0.121. The van der Waals surface area contributed by atoms with Gasteiger partial charge in [0.05, 0.1) is 10.9 Å². The SMILES string of the molecule is CC(NC(=O)CCc1ccc(S(=O)(=O)N(C)C)cc1)c1ccc(Br)cc1. The van der Waals surface area contributed by atoms with Crippen LogP contribution < -0.4 is 5.32 Å². The average Bonchev–Trinajstić information content (AvgIpc) is 2.60. The fraction of sp³-hybridized carbons (Fsp3) is 0.316. The molecule has 0 bridgehead atoms. The van der Waals surface area contributed by atoms with Gasteiger partial charge in [0.1, 0.15) is 0 Å². The maximum absolute atomic E-state index is 12.2. The van der Waals surface area contributed by atoms with E-state index in [0.29, 0.717) is 12.8 Å². The lowest BCUT2D eigenvalue weighted by atomic mass is 10.1. The minimum absolute atomic E-state index is 0.0367. The molecule has 0 aromatic heterocycles. The molecule has 1 N–H and O–H groups in total. The summed E-state index contributed by atoms with van der Waals surface area (Å²) in [5.41, 5.74) is 1.97. The van der Waals surface area contributed by atoms with E-state index in [1.807, 2.05) is 31.2 Å². The molecule has 2 aromatic rings. The molecule has 1 unspecified atom stereocenters. The molecule has 7 heteroatoms. The lowest BCUT2D eigenvalue weighted by Gasteiger charge is -2.15. The van der Waals surface area contributed by atoms with E-state index in [-0.39, 0.29) is 16.8 Å². The van der Waals surface area contributed by atoms with Gasteiger partial charge in [0.25, 0.3) is 0 Å². The Bertz CT molecular complexity index is 847. The van der Waals surface area contributed by atoms with Crippen LogP contribution in [0.25, 0.3) is 0 Å². The van der Waals surface area contributed by atoms with Crippen molar-refractivity contribution in [3.8, 4) is 0 Å². The van der Waals surface area contributed by atoms with E-state index < -0.39 is 10.0 Å². The van der Waals surface area contributed by atoms with Crippen molar-refractivity contribution in [1.29, 1.82) is 0 Å². The van der Waals surface area contributed by atoms with Gasteiger partial charge in [0.2, 0.25) is 15.9 Å². The number of hydrogen-bond donors (Lipinski definition) is 1. The molecule has 140 valence electrons. The van der Waals surface area contributed by atoms with Crippen molar-refractivity contribution in [3.63, 3.8) is 0 Å². The zero-order valence-electron chi connectivity index (χ0n) is 15.1. The van der Waals surface area contributed by atoms with Crippen molar-refractivity contribution in [2.45, 2.75) is 30.7 Å². The number of sulfonamides is 1. The molecule has 5 nitrogen and oxygen atoms in total. The van der Waals surface area contributed by atoms with E-state index in [4.69, 9.17) is 0 Å². The first kappa shape index (κ1) is 20.6. The number of hydrogen-bond acceptors (Lipinski definition) is 3. The molecule has 0 saturated carbocycles. The van der Waals surface area contributed by atoms with Crippen LogP contribution in [0, 0.1) is 0 Å². The van der Waals surface area contributed by atoms with Crippen LogP contribution in [0.1, 0.15) is 30.5 Å². The summed E-state index contributed by atoms with van der Waals surface area (Å²) in [6, 6.07) is 14.4. The number of halogens is 1. The Balaban J connectivity index is 1.90. The monoisotopic (exact) mass is 438 g/mol. The van der Waals surface area contributed by atoms with Gasteiger partial charge in [0.15, 0.2) is 0 Å². The highest BCUT2D eigenvalue weighted by Crippen LogP contribution is 2.17. The van der Waals surface area contributed by atoms with Crippen LogP contribution >= 0.6 is 15.9 Å². The van der Waals surface area contributed by atoms with Gasteiger partial charge < -0.3 is 5.32 Å². The molecule has 0 aliphatic rings. The van der Waals surface area contributed by atoms with E-state index >= 15 is 0 Å². The fourth-order valence-electron chi connectivity index (χ4n) is 2.45. The molecule has 0 spiro atoms. The maximum atomic E-state index is 12.2. The fourth-order valence-corrected chi connectivity index (χ4v) is 3.61. The number of amides is 1. The standard InChI is InChI=1S/C19H23BrN2O3S/c1-14(16-7-9-17(20)10-8-16)21-19(23)13-6-15-4-11-18(12-5-15)26(24,25)22(2)3/h4-5,7-12,14H,6,13H2,1-3H3,(H,21,23). The molecule has 0 aliphatic heterocycles. The summed E-state index contributed by atoms with van der Waals surface area (Å²) >= 11 is 3.39. The zero-order chi connectivity index (χ0) is 19.3. The van der Waals surface area contributed by atoms with E-state index in [1.54, 1.807) is 24.3 Å². The molecule has 2 aromatic carbocycles. The molecular weight excluding hydrogens is 416 g/mol. The van der Waals surface area contributed by atoms with E-state index in [2.05, 4.69) is 21.2 Å². The molecule has 1 atom stereocenters. The first-order valence-corrected chi connectivity index (χ1v) is 10.5. The molecule has 0 heterocycles. The molecule has 0 aliphatic carbocycles. The number of benzene rings is 2. The first-order chi connectivity index (χ1) is 12.2. The van der Waals surface area contributed by atoms with Gasteiger partial charge in [-0.1, -0.05) is 40.2 Å². The Morgan fingerprint density at radius 3 is 2.19 bits per heavy atom. The molecule has 0 radical (unpaired) electrons. The van der Waals surface area contributed by atoms with Crippen molar-refractivity contribution < 1.29 is 13.2 Å². The first-order valence-electron chi connectivity index (χ1n) is 8.26. The minimum Gasteiger partial charge on any atom is -0.350 e. The summed E-state index contributed by atoms with van der Waals surface area (Å²) < 4.78 is 26.3. The van der Waals surface area contributed by atoms with Gasteiger partial charge in [-0.2, -0.15) is 0 Å². The van der Waals surface area contributed by atoms with Crippen LogP contribution in [-0.4, -0.2) is 32.7 Å². The van der Waals surface area contributed by atoms with Crippen LogP contribution in [0.15, 0.2) is 57.9 Å². The summed E-state index contributed by atoms with van der Waals surface area (Å²) in [6.07, 6.45) is 0.905. The molecule has 26 heavy (non-hydrogen) atoms. The number of carbonyl (C=O) groups excluding carboxylic acids is 1. The summed E-state index contributed by atoms with van der Waals surface area (Å²) in [5, 5.41) is 2.98. The zero-order valence-corrected chi connectivity index (χ0v) is 17.5. The van der Waals surface area contributed by atoms with Crippen LogP contribution in [0.3, 0.4) is 0 Å². The highest BCUT2D eigenvalue weighted by molar-refractivity contribution is 9.10. The predicted octanol–water partition coefficient (Wildman–Crippen LogP) is 3.51. The van der Waals surface area contributed by atoms with E-state index in [9.17, 15) is 13.2 Å². The third-order valence-corrected chi connectivity index (χ3v) is 6.45. The van der Waals surface area contributed by atoms with Crippen molar-refractivity contribution in [2.75, 3.05) is 14.1 Å². The second kappa shape index (κ2) is 8.79. The van der Waals surface area contributed by atoms with Crippen LogP contribution in [0.4, 0.5) is 0 Å². The third-order valence-electron chi connectivity index (χ3n) is 4.09. The smallest absolute Gasteiger partial charge is 0.242 e.